The van der Waals surface area contributed by atoms with E-state index in [1.807, 2.05) is 0 Å². The average molecular weight is 1370 g/mol. The maximum atomic E-state index is 13.3. The van der Waals surface area contributed by atoms with Crippen molar-refractivity contribution in [1.82, 2.24) is 10.6 Å². The van der Waals surface area contributed by atoms with Gasteiger partial charge in [0.1, 0.15) is 183 Å². The van der Waals surface area contributed by atoms with Gasteiger partial charge in [-0.25, -0.2) is 0 Å². The van der Waals surface area contributed by atoms with Gasteiger partial charge in [0, 0.05) is 13.8 Å². The zero-order valence-electron chi connectivity index (χ0n) is 50.1. The third-order valence-corrected chi connectivity index (χ3v) is 17.4. The number of nitrogens with one attached hydrogen (secondary N) is 2. The maximum absolute atomic E-state index is 13.3. The zero-order chi connectivity index (χ0) is 68.5. The number of aliphatic hydroxyl groups excluding tert-OH is 22. The highest BCUT2D eigenvalue weighted by Crippen LogP contribution is 2.40. The Morgan fingerprint density at radius 2 is 0.559 bits per heavy atom. The lowest BCUT2D eigenvalue weighted by Gasteiger charge is -2.52. The molecule has 41 heteroatoms. The van der Waals surface area contributed by atoms with E-state index in [9.17, 15) is 122 Å². The van der Waals surface area contributed by atoms with Gasteiger partial charge in [-0.15, -0.1) is 0 Å². The van der Waals surface area contributed by atoms with E-state index in [4.69, 9.17) is 71.1 Å². The summed E-state index contributed by atoms with van der Waals surface area (Å²) in [6.07, 6.45) is -75.3. The number of ether oxygens (including phenoxy) is 15. The van der Waals surface area contributed by atoms with Gasteiger partial charge >= 0.3 is 0 Å². The minimum atomic E-state index is -2.43. The molecule has 0 aromatic heterocycles. The van der Waals surface area contributed by atoms with Crippen LogP contribution in [0.4, 0.5) is 0 Å². The van der Waals surface area contributed by atoms with E-state index >= 15 is 0 Å². The van der Waals surface area contributed by atoms with Crippen molar-refractivity contribution >= 4 is 11.8 Å². The summed E-state index contributed by atoms with van der Waals surface area (Å²) in [5, 5.41) is 245. The number of rotatable bonds is 22. The van der Waals surface area contributed by atoms with Gasteiger partial charge in [0.15, 0.2) is 50.3 Å². The first kappa shape index (κ1) is 76.2. The van der Waals surface area contributed by atoms with Crippen LogP contribution in [0.25, 0.3) is 0 Å². The van der Waals surface area contributed by atoms with Crippen LogP contribution in [0.15, 0.2) is 0 Å². The van der Waals surface area contributed by atoms with Gasteiger partial charge in [0.25, 0.3) is 0 Å². The lowest BCUT2D eigenvalue weighted by atomic mass is 9.93. The molecule has 0 aromatic carbocycles. The van der Waals surface area contributed by atoms with Gasteiger partial charge in [-0.05, 0) is 13.8 Å². The molecule has 8 fully saturated rings. The first-order valence-corrected chi connectivity index (χ1v) is 29.9. The van der Waals surface area contributed by atoms with Crippen LogP contribution in [0.2, 0.25) is 0 Å². The van der Waals surface area contributed by atoms with Gasteiger partial charge in [0.2, 0.25) is 11.8 Å². The van der Waals surface area contributed by atoms with E-state index in [1.165, 1.54) is 13.8 Å². The first-order valence-electron chi connectivity index (χ1n) is 29.9. The Morgan fingerprint density at radius 1 is 0.280 bits per heavy atom. The van der Waals surface area contributed by atoms with Crippen LogP contribution in [-0.2, 0) is 80.6 Å². The van der Waals surface area contributed by atoms with E-state index in [2.05, 4.69) is 10.6 Å². The predicted molar refractivity (Wildman–Crippen MR) is 285 cm³/mol. The summed E-state index contributed by atoms with van der Waals surface area (Å²) < 4.78 is 88.9. The largest absolute Gasteiger partial charge is 0.394 e. The number of amides is 2. The smallest absolute Gasteiger partial charge is 0.217 e. The van der Waals surface area contributed by atoms with E-state index in [0.717, 1.165) is 13.8 Å². The number of hydrogen-bond donors (Lipinski definition) is 24. The molecule has 8 saturated heterocycles. The number of carbonyl (C=O) groups excluding carboxylic acids is 2. The minimum absolute atomic E-state index is 0.947. The molecule has 1 unspecified atom stereocenters. The quantitative estimate of drug-likeness (QED) is 0.0479. The second-order valence-corrected chi connectivity index (χ2v) is 23.8. The molecular formula is C52H88N2O39. The zero-order valence-corrected chi connectivity index (χ0v) is 50.1. The Morgan fingerprint density at radius 3 is 0.914 bits per heavy atom. The third kappa shape index (κ3) is 16.2. The van der Waals surface area contributed by atoms with E-state index in [0.29, 0.717) is 0 Å². The van der Waals surface area contributed by atoms with Gasteiger partial charge in [-0.1, -0.05) is 0 Å². The van der Waals surface area contributed by atoms with Gasteiger partial charge in [-0.3, -0.25) is 9.59 Å². The molecule has 8 heterocycles. The van der Waals surface area contributed by atoms with Crippen LogP contribution in [-0.4, -0.2) is 409 Å². The maximum Gasteiger partial charge on any atom is 0.217 e. The van der Waals surface area contributed by atoms with Crippen molar-refractivity contribution < 1.29 is 193 Å². The molecule has 0 aromatic rings. The lowest BCUT2D eigenvalue weighted by Crippen LogP contribution is -2.72. The fraction of sp³-hybridized carbons (Fsp3) is 0.962. The average Bonchev–Trinajstić information content (AvgIpc) is 0.775. The number of aliphatic hydroxyl groups is 22. The Kier molecular flexibility index (Phi) is 26.7. The van der Waals surface area contributed by atoms with Crippen molar-refractivity contribution in [2.45, 2.75) is 273 Å². The van der Waals surface area contributed by atoms with Crippen LogP contribution in [0, 0.1) is 0 Å². The lowest BCUT2D eigenvalue weighted by molar-refractivity contribution is -0.400. The van der Waals surface area contributed by atoms with Crippen LogP contribution in [0.1, 0.15) is 27.7 Å². The van der Waals surface area contributed by atoms with E-state index in [-0.39, 0.29) is 0 Å². The summed E-state index contributed by atoms with van der Waals surface area (Å²) in [6, 6.07) is -3.90. The highest BCUT2D eigenvalue weighted by atomic mass is 16.8. The third-order valence-electron chi connectivity index (χ3n) is 17.4. The molecule has 2 amide bonds. The molecule has 93 heavy (non-hydrogen) atoms. The molecule has 0 bridgehead atoms. The van der Waals surface area contributed by atoms with Crippen molar-refractivity contribution in [2.75, 3.05) is 39.6 Å². The summed E-state index contributed by atoms with van der Waals surface area (Å²) in [6.45, 7) is -2.06. The summed E-state index contributed by atoms with van der Waals surface area (Å²) in [5.74, 6) is -1.91. The highest BCUT2D eigenvalue weighted by Gasteiger charge is 2.61. The normalized spacial score (nSPS) is 51.6. The molecule has 0 spiro atoms. The van der Waals surface area contributed by atoms with Crippen LogP contribution < -0.4 is 10.6 Å². The molecule has 0 saturated carbocycles. The molecule has 0 aliphatic carbocycles. The summed E-state index contributed by atoms with van der Waals surface area (Å²) in [5.41, 5.74) is 0. The first-order chi connectivity index (χ1) is 43.9. The van der Waals surface area contributed by atoms with Crippen molar-refractivity contribution in [3.63, 3.8) is 0 Å². The number of carbonyl (C=O) groups is 2. The number of hydrogen-bond acceptors (Lipinski definition) is 39. The molecule has 8 aliphatic rings. The van der Waals surface area contributed by atoms with Crippen molar-refractivity contribution in [3.05, 3.63) is 0 Å². The topological polar surface area (TPSA) is 642 Å². The second-order valence-electron chi connectivity index (χ2n) is 23.8. The predicted octanol–water partition coefficient (Wildman–Crippen LogP) is -16.1. The molecule has 8 rings (SSSR count). The summed E-state index contributed by atoms with van der Waals surface area (Å²) in [4.78, 5) is 26.6. The van der Waals surface area contributed by atoms with Crippen LogP contribution in [0.3, 0.4) is 0 Å². The molecule has 0 radical (unpaired) electrons. The fourth-order valence-electron chi connectivity index (χ4n) is 12.2. The Hall–Kier alpha value is -2.54. The summed E-state index contributed by atoms with van der Waals surface area (Å²) >= 11 is 0. The molecule has 8 aliphatic heterocycles. The second kappa shape index (κ2) is 32.6. The molecule has 540 valence electrons. The van der Waals surface area contributed by atoms with Crippen molar-refractivity contribution in [3.8, 4) is 0 Å². The van der Waals surface area contributed by atoms with Crippen LogP contribution >= 0.6 is 0 Å². The van der Waals surface area contributed by atoms with Crippen molar-refractivity contribution in [1.29, 1.82) is 0 Å². The Labute approximate surface area is 527 Å². The monoisotopic (exact) mass is 1360 g/mol. The standard InChI is InChI=1S/C52H88N2O39/c1-11-23(63)28(68)33(73)48(79-11)88-39-19(9-59)85-47(22(54-14(4)62)42(39)91-50-35(75)30(70)25(65)15(5-55)82-50)93-44-27(67)17(7-57)84-52(37(44)77)89-40-20(10-60)86-46(21(53-13(3)61)41(40)90-49-34(74)29(69)24(64)12(2)80-49)92-43-26(66)16(6-56)83-51(36(43)76)87-38-18(8-58)81-45(78)32(72)31(38)71/h11-12,15-52,55-60,63-78H,5-10H2,1-4H3,(H,53,61)(H,54,62)/t11-,12-,15+,16+,17+,18+,19+,20+,21+,22+,23+,24+,25-,26-,27-,28+,29+,30-,31+,32+,33-,34-,35+,36+,37+,38+,39+,40+,41+,42+,43-,44-,45?,46-,47-,48-,49-,50-,51-,52-/m0/s1. The van der Waals surface area contributed by atoms with E-state index < -0.39 is 297 Å². The molecular weight excluding hydrogens is 1280 g/mol. The Balaban J connectivity index is 1.14. The van der Waals surface area contributed by atoms with Gasteiger partial charge in [-0.2, -0.15) is 0 Å². The van der Waals surface area contributed by atoms with Gasteiger partial charge in [0.05, 0.1) is 51.8 Å². The molecule has 40 atom stereocenters. The van der Waals surface area contributed by atoms with Gasteiger partial charge < -0.3 is 194 Å². The molecule has 24 N–H and O–H groups in total. The SMILES string of the molecule is CC(=O)N[C@H]1[C@H](O[C@H]2[C@@H](O)[C@@H](CO)O[C@@H](O[C@H]3[C@H](O[C@@H]4O[C@@H](C)[C@@H](O)[C@@H](O)[C@@H]4O)[C@@H](NC(C)=O)[C@H](O[C@H]4[C@@H](O)[C@@H](CO)O[C@@H](O[C@H]5[C@H](O)[C@@H](O)C(O)O[C@@H]5CO)[C@@H]4O)O[C@@H]3CO)[C@@H]2O)O[C@H](CO)[C@@H](O[C@@H]2O[C@@H](C)[C@@H](O)[C@@H](O)[C@@H]2O)[C@@H]1O[C@@H]1O[C@H](CO)[C@H](O)[C@H](O)[C@H]1O. The van der Waals surface area contributed by atoms with Crippen molar-refractivity contribution in [2.24, 2.45) is 0 Å². The van der Waals surface area contributed by atoms with Crippen LogP contribution in [0.5, 0.6) is 0 Å². The molecule has 41 nitrogen and oxygen atoms in total. The Bertz CT molecular complexity index is 2350. The summed E-state index contributed by atoms with van der Waals surface area (Å²) in [7, 11) is 0. The fourth-order valence-corrected chi connectivity index (χ4v) is 12.2. The van der Waals surface area contributed by atoms with E-state index in [1.54, 1.807) is 0 Å². The minimum Gasteiger partial charge on any atom is -0.394 e. The highest BCUT2D eigenvalue weighted by molar-refractivity contribution is 5.73.